The highest BCUT2D eigenvalue weighted by molar-refractivity contribution is 5.78. The maximum atomic E-state index is 11.4. The zero-order valence-corrected chi connectivity index (χ0v) is 10.1. The molecule has 5 heteroatoms. The molecule has 1 unspecified atom stereocenters. The Morgan fingerprint density at radius 1 is 1.25 bits per heavy atom. The van der Waals surface area contributed by atoms with Gasteiger partial charge in [-0.25, -0.2) is 5.48 Å². The van der Waals surface area contributed by atoms with Gasteiger partial charge in [0.25, 0.3) is 0 Å². The molecule has 0 radical (unpaired) electrons. The van der Waals surface area contributed by atoms with Crippen molar-refractivity contribution in [1.82, 2.24) is 10.8 Å². The van der Waals surface area contributed by atoms with Crippen LogP contribution in [0.5, 0.6) is 0 Å². The summed E-state index contributed by atoms with van der Waals surface area (Å²) < 4.78 is 0. The number of rotatable bonds is 8. The van der Waals surface area contributed by atoms with E-state index >= 15 is 0 Å². The Morgan fingerprint density at radius 3 is 2.50 bits per heavy atom. The van der Waals surface area contributed by atoms with Crippen LogP contribution < -0.4 is 10.8 Å². The molecular weight excluding hydrogens is 208 g/mol. The first kappa shape index (κ1) is 14.9. The molecule has 1 atom stereocenters. The largest absolute Gasteiger partial charge is 0.356 e. The lowest BCUT2D eigenvalue weighted by atomic mass is 10.1. The van der Waals surface area contributed by atoms with Crippen molar-refractivity contribution >= 4 is 11.8 Å². The van der Waals surface area contributed by atoms with Gasteiger partial charge in [0.05, 0.1) is 0 Å². The summed E-state index contributed by atoms with van der Waals surface area (Å²) in [5, 5.41) is 11.1. The van der Waals surface area contributed by atoms with Crippen molar-refractivity contribution in [3.8, 4) is 0 Å². The fourth-order valence-corrected chi connectivity index (χ4v) is 1.21. The molecule has 0 aliphatic rings. The van der Waals surface area contributed by atoms with Crippen LogP contribution in [-0.2, 0) is 9.59 Å². The van der Waals surface area contributed by atoms with E-state index in [1.54, 1.807) is 5.48 Å². The van der Waals surface area contributed by atoms with E-state index < -0.39 is 0 Å². The Labute approximate surface area is 96.6 Å². The second-order valence-corrected chi connectivity index (χ2v) is 3.95. The molecule has 3 N–H and O–H groups in total. The van der Waals surface area contributed by atoms with Crippen LogP contribution in [-0.4, -0.2) is 23.6 Å². The zero-order valence-electron chi connectivity index (χ0n) is 10.1. The van der Waals surface area contributed by atoms with E-state index in [1.807, 2.05) is 13.8 Å². The highest BCUT2D eigenvalue weighted by Crippen LogP contribution is 2.01. The molecule has 0 aromatic rings. The number of carbonyl (C=O) groups excluding carboxylic acids is 2. The Bertz CT molecular complexity index is 219. The third-order valence-electron chi connectivity index (χ3n) is 2.56. The normalized spacial score (nSPS) is 11.9. The lowest BCUT2D eigenvalue weighted by molar-refractivity contribution is -0.129. The van der Waals surface area contributed by atoms with Gasteiger partial charge in [-0.15, -0.1) is 0 Å². The van der Waals surface area contributed by atoms with Gasteiger partial charge in [0.1, 0.15) is 0 Å². The van der Waals surface area contributed by atoms with Crippen LogP contribution in [0.1, 0.15) is 46.0 Å². The van der Waals surface area contributed by atoms with Crippen molar-refractivity contribution in [3.05, 3.63) is 0 Å². The molecule has 0 aromatic carbocycles. The molecule has 0 heterocycles. The first-order valence-corrected chi connectivity index (χ1v) is 5.82. The summed E-state index contributed by atoms with van der Waals surface area (Å²) >= 11 is 0. The lowest BCUT2D eigenvalue weighted by Crippen LogP contribution is -2.29. The summed E-state index contributed by atoms with van der Waals surface area (Å²) in [7, 11) is 0. The van der Waals surface area contributed by atoms with Crippen molar-refractivity contribution in [3.63, 3.8) is 0 Å². The van der Waals surface area contributed by atoms with Gasteiger partial charge >= 0.3 is 0 Å². The van der Waals surface area contributed by atoms with Gasteiger partial charge in [0.2, 0.25) is 11.8 Å². The summed E-state index contributed by atoms with van der Waals surface area (Å²) in [5.41, 5.74) is 1.59. The molecular formula is C11H22N2O3. The van der Waals surface area contributed by atoms with E-state index in [2.05, 4.69) is 5.32 Å². The summed E-state index contributed by atoms with van der Waals surface area (Å²) in [5.74, 6) is -0.195. The average molecular weight is 230 g/mol. The van der Waals surface area contributed by atoms with Gasteiger partial charge in [0.15, 0.2) is 0 Å². The number of hydrogen-bond acceptors (Lipinski definition) is 3. The fourth-order valence-electron chi connectivity index (χ4n) is 1.21. The molecule has 0 spiro atoms. The minimum Gasteiger partial charge on any atom is -0.356 e. The summed E-state index contributed by atoms with van der Waals surface area (Å²) in [6, 6.07) is 0. The summed E-state index contributed by atoms with van der Waals surface area (Å²) in [6.07, 6.45) is 3.64. The number of hydroxylamine groups is 1. The van der Waals surface area contributed by atoms with E-state index in [0.29, 0.717) is 13.0 Å². The number of unbranched alkanes of at least 4 members (excludes halogenated alkanes) is 2. The monoisotopic (exact) mass is 230 g/mol. The molecule has 0 aliphatic heterocycles. The molecule has 0 rings (SSSR count). The van der Waals surface area contributed by atoms with E-state index in [1.165, 1.54) is 0 Å². The maximum absolute atomic E-state index is 11.4. The summed E-state index contributed by atoms with van der Waals surface area (Å²) in [4.78, 5) is 22.0. The van der Waals surface area contributed by atoms with E-state index in [0.717, 1.165) is 25.7 Å². The number of hydrogen-bond donors (Lipinski definition) is 3. The van der Waals surface area contributed by atoms with Crippen molar-refractivity contribution in [1.29, 1.82) is 0 Å². The van der Waals surface area contributed by atoms with Crippen LogP contribution >= 0.6 is 0 Å². The quantitative estimate of drug-likeness (QED) is 0.333. The molecule has 5 nitrogen and oxygen atoms in total. The first-order chi connectivity index (χ1) is 7.61. The van der Waals surface area contributed by atoms with Crippen molar-refractivity contribution < 1.29 is 14.8 Å². The predicted molar refractivity (Wildman–Crippen MR) is 60.9 cm³/mol. The second-order valence-electron chi connectivity index (χ2n) is 3.95. The molecule has 2 amide bonds. The SMILES string of the molecule is CCC(C)C(=O)NCCCCCC(=O)NO. The Morgan fingerprint density at radius 2 is 1.94 bits per heavy atom. The molecule has 16 heavy (non-hydrogen) atoms. The Hall–Kier alpha value is -1.10. The first-order valence-electron chi connectivity index (χ1n) is 5.82. The zero-order chi connectivity index (χ0) is 12.4. The average Bonchev–Trinajstić information content (AvgIpc) is 2.31. The van der Waals surface area contributed by atoms with Gasteiger partial charge < -0.3 is 5.32 Å². The molecule has 0 saturated carbocycles. The van der Waals surface area contributed by atoms with Crippen LogP contribution in [0.25, 0.3) is 0 Å². The molecule has 0 bridgehead atoms. The highest BCUT2D eigenvalue weighted by Gasteiger charge is 2.08. The third-order valence-corrected chi connectivity index (χ3v) is 2.56. The maximum Gasteiger partial charge on any atom is 0.243 e. The topological polar surface area (TPSA) is 78.4 Å². The second kappa shape index (κ2) is 9.15. The fraction of sp³-hybridized carbons (Fsp3) is 0.818. The van der Waals surface area contributed by atoms with Crippen LogP contribution in [0.15, 0.2) is 0 Å². The minimum atomic E-state index is -0.358. The minimum absolute atomic E-state index is 0.0696. The molecule has 0 aromatic heterocycles. The van der Waals surface area contributed by atoms with E-state index in [9.17, 15) is 9.59 Å². The van der Waals surface area contributed by atoms with Crippen LogP contribution in [0.2, 0.25) is 0 Å². The Balaban J connectivity index is 3.33. The lowest BCUT2D eigenvalue weighted by Gasteiger charge is -2.09. The van der Waals surface area contributed by atoms with Gasteiger partial charge in [-0.2, -0.15) is 0 Å². The van der Waals surface area contributed by atoms with Gasteiger partial charge in [0, 0.05) is 18.9 Å². The van der Waals surface area contributed by atoms with Crippen molar-refractivity contribution in [2.45, 2.75) is 46.0 Å². The number of amides is 2. The third kappa shape index (κ3) is 7.23. The van der Waals surface area contributed by atoms with Crippen LogP contribution in [0.4, 0.5) is 0 Å². The molecule has 0 saturated heterocycles. The molecule has 94 valence electrons. The van der Waals surface area contributed by atoms with E-state index in [4.69, 9.17) is 5.21 Å². The van der Waals surface area contributed by atoms with Crippen LogP contribution in [0.3, 0.4) is 0 Å². The number of nitrogens with one attached hydrogen (secondary N) is 2. The summed E-state index contributed by atoms with van der Waals surface area (Å²) in [6.45, 7) is 4.54. The predicted octanol–water partition coefficient (Wildman–Crippen LogP) is 1.21. The van der Waals surface area contributed by atoms with Gasteiger partial charge in [-0.1, -0.05) is 20.3 Å². The van der Waals surface area contributed by atoms with Crippen molar-refractivity contribution in [2.24, 2.45) is 5.92 Å². The molecule has 0 aliphatic carbocycles. The Kier molecular flexibility index (Phi) is 8.52. The van der Waals surface area contributed by atoms with E-state index in [-0.39, 0.29) is 17.7 Å². The van der Waals surface area contributed by atoms with Crippen LogP contribution in [0, 0.1) is 5.92 Å². The standard InChI is InChI=1S/C11H22N2O3/c1-3-9(2)11(15)12-8-6-4-5-7-10(14)13-16/h9,16H,3-8H2,1-2H3,(H,12,15)(H,13,14). The highest BCUT2D eigenvalue weighted by atomic mass is 16.5. The smallest absolute Gasteiger partial charge is 0.243 e. The molecule has 0 fully saturated rings. The number of carbonyl (C=O) groups is 2. The van der Waals surface area contributed by atoms with Gasteiger partial charge in [-0.05, 0) is 19.3 Å². The van der Waals surface area contributed by atoms with Gasteiger partial charge in [-0.3, -0.25) is 14.8 Å². The van der Waals surface area contributed by atoms with Crippen molar-refractivity contribution in [2.75, 3.05) is 6.54 Å².